The van der Waals surface area contributed by atoms with Crippen LogP contribution in [0.4, 0.5) is 8.78 Å². The first-order valence-electron chi connectivity index (χ1n) is 6.80. The molecule has 0 N–H and O–H groups in total. The lowest BCUT2D eigenvalue weighted by atomic mass is 10.0. The lowest BCUT2D eigenvalue weighted by Gasteiger charge is -2.04. The molecule has 2 aromatic rings. The molecular weight excluding hydrogens is 268 g/mol. The topological polar surface area (TPSA) is 23.8 Å². The predicted molar refractivity (Wildman–Crippen MR) is 80.6 cm³/mol. The van der Waals surface area contributed by atoms with Crippen molar-refractivity contribution in [3.63, 3.8) is 0 Å². The van der Waals surface area contributed by atoms with E-state index in [0.717, 1.165) is 18.4 Å². The first kappa shape index (κ1) is 14.9. The van der Waals surface area contributed by atoms with E-state index < -0.39 is 11.7 Å². The van der Waals surface area contributed by atoms with Crippen molar-refractivity contribution in [2.75, 3.05) is 0 Å². The quantitative estimate of drug-likeness (QED) is 0.701. The Morgan fingerprint density at radius 1 is 0.905 bits per heavy atom. The zero-order chi connectivity index (χ0) is 15.2. The van der Waals surface area contributed by atoms with E-state index in [-0.39, 0.29) is 11.1 Å². The van der Waals surface area contributed by atoms with Crippen LogP contribution in [0.15, 0.2) is 48.5 Å². The van der Waals surface area contributed by atoms with Crippen molar-refractivity contribution in [3.05, 3.63) is 70.8 Å². The van der Waals surface area contributed by atoms with Crippen molar-refractivity contribution in [3.8, 4) is 6.07 Å². The monoisotopic (exact) mass is 283 g/mol. The molecule has 0 bridgehead atoms. The Labute approximate surface area is 123 Å². The second-order valence-electron chi connectivity index (χ2n) is 4.76. The van der Waals surface area contributed by atoms with Crippen LogP contribution in [0.1, 0.15) is 35.6 Å². The Bertz CT molecular complexity index is 677. The van der Waals surface area contributed by atoms with E-state index in [0.29, 0.717) is 5.56 Å². The fraction of sp³-hybridized carbons (Fsp3) is 0.167. The smallest absolute Gasteiger partial charge is 0.166 e. The van der Waals surface area contributed by atoms with Gasteiger partial charge in [-0.15, -0.1) is 0 Å². The minimum Gasteiger partial charge on any atom is -0.203 e. The molecule has 0 radical (unpaired) electrons. The van der Waals surface area contributed by atoms with Gasteiger partial charge < -0.3 is 0 Å². The maximum absolute atomic E-state index is 14.2. The summed E-state index contributed by atoms with van der Waals surface area (Å²) in [6.07, 6.45) is 1.93. The number of nitriles is 1. The minimum absolute atomic E-state index is 0.129. The lowest BCUT2D eigenvalue weighted by molar-refractivity contribution is 0.700. The van der Waals surface area contributed by atoms with Crippen LogP contribution in [-0.2, 0) is 6.42 Å². The molecule has 0 aliphatic heterocycles. The molecule has 0 atom stereocenters. The molecule has 0 fully saturated rings. The molecule has 0 amide bonds. The van der Waals surface area contributed by atoms with E-state index in [2.05, 4.69) is 6.92 Å². The Morgan fingerprint density at radius 3 is 1.81 bits per heavy atom. The molecule has 0 spiro atoms. The minimum atomic E-state index is -0.914. The van der Waals surface area contributed by atoms with Gasteiger partial charge in [-0.2, -0.15) is 5.26 Å². The number of halogens is 2. The Hall–Kier alpha value is -2.47. The zero-order valence-electron chi connectivity index (χ0n) is 11.7. The van der Waals surface area contributed by atoms with Crippen LogP contribution in [0.3, 0.4) is 0 Å². The average Bonchev–Trinajstić information content (AvgIpc) is 2.54. The van der Waals surface area contributed by atoms with E-state index in [1.807, 2.05) is 18.2 Å². The summed E-state index contributed by atoms with van der Waals surface area (Å²) in [6.45, 7) is 2.07. The fourth-order valence-corrected chi connectivity index (χ4v) is 2.05. The highest BCUT2D eigenvalue weighted by molar-refractivity contribution is 5.83. The molecule has 0 unspecified atom stereocenters. The highest BCUT2D eigenvalue weighted by atomic mass is 19.2. The number of hydrogen-bond donors (Lipinski definition) is 0. The third-order valence-electron chi connectivity index (χ3n) is 3.21. The van der Waals surface area contributed by atoms with Crippen molar-refractivity contribution in [2.45, 2.75) is 19.8 Å². The summed E-state index contributed by atoms with van der Waals surface area (Å²) >= 11 is 0. The maximum Gasteiger partial charge on any atom is 0.166 e. The highest BCUT2D eigenvalue weighted by Gasteiger charge is 2.11. The van der Waals surface area contributed by atoms with Crippen molar-refractivity contribution < 1.29 is 8.78 Å². The van der Waals surface area contributed by atoms with Crippen LogP contribution in [-0.4, -0.2) is 0 Å². The normalized spacial score (nSPS) is 11.7. The third kappa shape index (κ3) is 3.55. The summed E-state index contributed by atoms with van der Waals surface area (Å²) in [5.74, 6) is -1.80. The van der Waals surface area contributed by atoms with Crippen LogP contribution in [0.2, 0.25) is 0 Å². The molecule has 2 aromatic carbocycles. The van der Waals surface area contributed by atoms with Crippen LogP contribution >= 0.6 is 0 Å². The molecule has 21 heavy (non-hydrogen) atoms. The van der Waals surface area contributed by atoms with Gasteiger partial charge in [-0.05, 0) is 24.1 Å². The first-order chi connectivity index (χ1) is 10.2. The predicted octanol–water partition coefficient (Wildman–Crippen LogP) is 5.28. The molecule has 0 saturated carbocycles. The summed E-state index contributed by atoms with van der Waals surface area (Å²) in [6, 6.07) is 14.5. The number of benzene rings is 2. The van der Waals surface area contributed by atoms with Gasteiger partial charge in [0.1, 0.15) is 0 Å². The van der Waals surface area contributed by atoms with Gasteiger partial charge >= 0.3 is 0 Å². The van der Waals surface area contributed by atoms with Crippen LogP contribution in [0.25, 0.3) is 11.7 Å². The number of nitrogens with zero attached hydrogens (tertiary/aromatic N) is 1. The molecule has 3 heteroatoms. The van der Waals surface area contributed by atoms with E-state index >= 15 is 0 Å². The van der Waals surface area contributed by atoms with Gasteiger partial charge in [-0.1, -0.05) is 49.7 Å². The van der Waals surface area contributed by atoms with Gasteiger partial charge in [-0.25, -0.2) is 8.78 Å². The molecule has 0 aliphatic rings. The average molecular weight is 283 g/mol. The highest BCUT2D eigenvalue weighted by Crippen LogP contribution is 2.29. The SMILES string of the molecule is CCCc1ccc(C(F)=C(F)c2ccc(C#N)cc2)cc1. The zero-order valence-corrected chi connectivity index (χ0v) is 11.7. The van der Waals surface area contributed by atoms with Crippen molar-refractivity contribution >= 4 is 11.7 Å². The van der Waals surface area contributed by atoms with Gasteiger partial charge in [-0.3, -0.25) is 0 Å². The number of aryl methyl sites for hydroxylation is 1. The molecule has 106 valence electrons. The molecule has 0 heterocycles. The second kappa shape index (κ2) is 6.81. The van der Waals surface area contributed by atoms with Crippen LogP contribution < -0.4 is 0 Å². The standard InChI is InChI=1S/C18H15F2N/c1-2-3-13-4-8-15(9-5-13)17(19)18(20)16-10-6-14(12-21)7-11-16/h4-11H,2-3H2,1H3. The molecular formula is C18H15F2N. The summed E-state index contributed by atoms with van der Waals surface area (Å²) in [4.78, 5) is 0. The Balaban J connectivity index is 2.30. The van der Waals surface area contributed by atoms with Crippen molar-refractivity contribution in [2.24, 2.45) is 0 Å². The van der Waals surface area contributed by atoms with Gasteiger partial charge in [0.05, 0.1) is 11.6 Å². The van der Waals surface area contributed by atoms with E-state index in [9.17, 15) is 8.78 Å². The second-order valence-corrected chi connectivity index (χ2v) is 4.76. The van der Waals surface area contributed by atoms with E-state index in [1.165, 1.54) is 24.3 Å². The summed E-state index contributed by atoms with van der Waals surface area (Å²) in [5, 5.41) is 8.69. The van der Waals surface area contributed by atoms with E-state index in [4.69, 9.17) is 5.26 Å². The van der Waals surface area contributed by atoms with Crippen molar-refractivity contribution in [1.29, 1.82) is 5.26 Å². The molecule has 0 aliphatic carbocycles. The number of rotatable bonds is 4. The lowest BCUT2D eigenvalue weighted by Crippen LogP contribution is -1.87. The largest absolute Gasteiger partial charge is 0.203 e. The van der Waals surface area contributed by atoms with Crippen LogP contribution in [0, 0.1) is 11.3 Å². The fourth-order valence-electron chi connectivity index (χ4n) is 2.05. The van der Waals surface area contributed by atoms with Gasteiger partial charge in [0.15, 0.2) is 11.7 Å². The molecule has 1 nitrogen and oxygen atoms in total. The third-order valence-corrected chi connectivity index (χ3v) is 3.21. The summed E-state index contributed by atoms with van der Waals surface area (Å²) in [5.41, 5.74) is 1.87. The first-order valence-corrected chi connectivity index (χ1v) is 6.80. The van der Waals surface area contributed by atoms with Gasteiger partial charge in [0.25, 0.3) is 0 Å². The molecule has 0 saturated heterocycles. The number of hydrogen-bond acceptors (Lipinski definition) is 1. The molecule has 2 rings (SSSR count). The Kier molecular flexibility index (Phi) is 4.84. The Morgan fingerprint density at radius 2 is 1.38 bits per heavy atom. The maximum atomic E-state index is 14.2. The van der Waals surface area contributed by atoms with Crippen molar-refractivity contribution in [1.82, 2.24) is 0 Å². The molecule has 0 aromatic heterocycles. The van der Waals surface area contributed by atoms with Gasteiger partial charge in [0.2, 0.25) is 0 Å². The van der Waals surface area contributed by atoms with Gasteiger partial charge in [0, 0.05) is 11.1 Å². The van der Waals surface area contributed by atoms with Crippen LogP contribution in [0.5, 0.6) is 0 Å². The summed E-state index contributed by atoms with van der Waals surface area (Å²) in [7, 11) is 0. The van der Waals surface area contributed by atoms with E-state index in [1.54, 1.807) is 12.1 Å². The summed E-state index contributed by atoms with van der Waals surface area (Å²) < 4.78 is 28.3.